The van der Waals surface area contributed by atoms with Crippen molar-refractivity contribution >= 4 is 75.1 Å². The van der Waals surface area contributed by atoms with Crippen LogP contribution in [0, 0.1) is 104 Å². The molecule has 0 rings (SSSR count). The van der Waals surface area contributed by atoms with Crippen molar-refractivity contribution in [2.75, 3.05) is 171 Å². The van der Waals surface area contributed by atoms with Crippen LogP contribution in [0.2, 0.25) is 0 Å². The maximum absolute atomic E-state index is 12.9. The fraction of sp³-hybridized carbons (Fsp3) is 0.896. The lowest BCUT2D eigenvalue weighted by molar-refractivity contribution is -0.889. The van der Waals surface area contributed by atoms with Gasteiger partial charge in [0.25, 0.3) is 0 Å². The third-order valence-corrected chi connectivity index (χ3v) is 29.3. The van der Waals surface area contributed by atoms with Crippen LogP contribution in [-0.4, -0.2) is 273 Å². The molecule has 136 heavy (non-hydrogen) atoms. The average molecular weight is 1960 g/mol. The minimum absolute atomic E-state index is 0.00829. The summed E-state index contributed by atoms with van der Waals surface area (Å²) in [5, 5.41) is 30.3. The van der Waals surface area contributed by atoms with Crippen LogP contribution >= 0.6 is 0 Å². The van der Waals surface area contributed by atoms with E-state index in [1.165, 1.54) is 0 Å². The highest BCUT2D eigenvalue weighted by atomic mass is 32.2. The molecule has 0 heterocycles. The van der Waals surface area contributed by atoms with Gasteiger partial charge < -0.3 is 67.1 Å². The molecule has 0 saturated heterocycles. The molecule has 0 aliphatic heterocycles. The predicted octanol–water partition coefficient (Wildman–Crippen LogP) is 14.8. The van der Waals surface area contributed by atoms with E-state index in [0.29, 0.717) is 168 Å². The van der Waals surface area contributed by atoms with Crippen molar-refractivity contribution in [2.24, 2.45) is 104 Å². The van der Waals surface area contributed by atoms with E-state index in [1.54, 1.807) is 19.0 Å². The lowest BCUT2D eigenvalue weighted by Gasteiger charge is -2.38. The number of hydrogen-bond acceptors (Lipinski definition) is 17. The predicted molar refractivity (Wildman–Crippen MR) is 563 cm³/mol. The van der Waals surface area contributed by atoms with Crippen molar-refractivity contribution in [2.45, 2.75) is 344 Å². The van der Waals surface area contributed by atoms with E-state index in [9.17, 15) is 65.7 Å². The Morgan fingerprint density at radius 2 is 0.463 bits per heavy atom. The molecule has 10 N–H and O–H groups in total. The van der Waals surface area contributed by atoms with Gasteiger partial charge in [-0.1, -0.05) is 318 Å². The lowest BCUT2D eigenvalue weighted by Crippen LogP contribution is -2.50. The van der Waals surface area contributed by atoms with E-state index in [1.807, 2.05) is 187 Å². The molecule has 0 aromatic rings. The van der Waals surface area contributed by atoms with Crippen molar-refractivity contribution in [3.05, 3.63) is 0 Å². The summed E-state index contributed by atoms with van der Waals surface area (Å²) in [6, 6.07) is 0. The molecular weight excluding hydrogens is 1740 g/mol. The summed E-state index contributed by atoms with van der Waals surface area (Å²) in [6.07, 6.45) is 1.79. The highest BCUT2D eigenvalue weighted by Crippen LogP contribution is 2.42. The van der Waals surface area contributed by atoms with E-state index in [-0.39, 0.29) is 153 Å². The summed E-state index contributed by atoms with van der Waals surface area (Å²) in [5.74, 6) is -0.0207. The summed E-state index contributed by atoms with van der Waals surface area (Å²) in [7, 11) is 3.37. The van der Waals surface area contributed by atoms with Crippen molar-refractivity contribution in [3.63, 3.8) is 0 Å². The maximum atomic E-state index is 12.9. The summed E-state index contributed by atoms with van der Waals surface area (Å²) < 4.78 is 32.4. The SMILES string of the molecule is CC(C(=O)NCCN(CCNC(=O)C(C)C(C)(C)C)CCNC(=O)C(C)C(C)(C)C)C(C)(C)C.CC(C)(C)C(C)(C)C(=O)NCCN(CCNC(=O)C(C)(C)C(C)(C)C)CCNC(=O)C(C)(C)C(C)(C)C.CC(C)(C)C(C)(C)C(=O)NCC[N+](C)(C)CCCS(=O)(=O)[O-].CC(C)(C)CC(=O)NCCN(CCNC(=O)CC(C)(C)C)CCNC(=O)CC(C)(C)C.CN(C)C(=O)C(C)(C)C(C)(C)C. The normalized spacial score (nSPS) is 13.9. The Hall–Kier alpha value is -6.08. The molecule has 0 aliphatic rings. The summed E-state index contributed by atoms with van der Waals surface area (Å²) in [5.41, 5.74) is -3.29. The van der Waals surface area contributed by atoms with Gasteiger partial charge in [0, 0.05) is 208 Å². The Morgan fingerprint density at radius 3 is 0.625 bits per heavy atom. The van der Waals surface area contributed by atoms with Gasteiger partial charge in [-0.05, 0) is 59.6 Å². The van der Waals surface area contributed by atoms with Gasteiger partial charge in [0.15, 0.2) is 0 Å². The third-order valence-electron chi connectivity index (χ3n) is 28.5. The van der Waals surface area contributed by atoms with Gasteiger partial charge in [0.1, 0.15) is 0 Å². The Labute approximate surface area is 833 Å². The topological polar surface area (TPSA) is 378 Å². The number of hydrogen-bond donors (Lipinski definition) is 10. The molecule has 3 atom stereocenters. The molecule has 29 nitrogen and oxygen atoms in total. The summed E-state index contributed by atoms with van der Waals surface area (Å²) >= 11 is 0. The number of amides is 11. The lowest BCUT2D eigenvalue weighted by atomic mass is 9.68. The van der Waals surface area contributed by atoms with Gasteiger partial charge in [-0.3, -0.25) is 67.4 Å². The molecule has 0 saturated carbocycles. The first kappa shape index (κ1) is 138. The van der Waals surface area contributed by atoms with Crippen molar-refractivity contribution in [1.82, 2.24) is 72.8 Å². The first-order valence-electron chi connectivity index (χ1n) is 50.1. The first-order valence-corrected chi connectivity index (χ1v) is 51.7. The van der Waals surface area contributed by atoms with Gasteiger partial charge in [-0.15, -0.1) is 0 Å². The second-order valence-corrected chi connectivity index (χ2v) is 55.0. The molecule has 11 amide bonds. The number of nitrogens with zero attached hydrogens (tertiary/aromatic N) is 5. The smallest absolute Gasteiger partial charge is 0.228 e. The molecule has 0 aliphatic carbocycles. The number of quaternary nitrogens is 1. The second kappa shape index (κ2) is 57.3. The van der Waals surface area contributed by atoms with Gasteiger partial charge in [-0.25, -0.2) is 8.42 Å². The third kappa shape index (κ3) is 59.0. The zero-order valence-electron chi connectivity index (χ0n) is 97.0. The minimum atomic E-state index is -4.15. The van der Waals surface area contributed by atoms with E-state index in [4.69, 9.17) is 0 Å². The maximum Gasteiger partial charge on any atom is 0.228 e. The van der Waals surface area contributed by atoms with Gasteiger partial charge in [0.05, 0.1) is 43.8 Å². The number of likely N-dealkylation sites (N-methyl/N-ethyl adjacent to an activating group) is 1. The highest BCUT2D eigenvalue weighted by Gasteiger charge is 2.45. The molecule has 804 valence electrons. The molecule has 0 aromatic heterocycles. The molecule has 3 unspecified atom stereocenters. The van der Waals surface area contributed by atoms with Crippen molar-refractivity contribution in [3.8, 4) is 0 Å². The number of carbonyl (C=O) groups is 11. The molecule has 0 fully saturated rings. The van der Waals surface area contributed by atoms with Crippen LogP contribution < -0.4 is 53.2 Å². The fourth-order valence-electron chi connectivity index (χ4n) is 11.7. The zero-order valence-corrected chi connectivity index (χ0v) is 97.8. The quantitative estimate of drug-likeness (QED) is 0.0200. The van der Waals surface area contributed by atoms with Gasteiger partial charge in [0.2, 0.25) is 65.0 Å². The highest BCUT2D eigenvalue weighted by molar-refractivity contribution is 7.85. The first-order chi connectivity index (χ1) is 60.2. The number of rotatable bonds is 45. The van der Waals surface area contributed by atoms with Crippen molar-refractivity contribution < 1.29 is 70.2 Å². The zero-order chi connectivity index (χ0) is 109. The molecule has 30 heteroatoms. The van der Waals surface area contributed by atoms with E-state index >= 15 is 0 Å². The summed E-state index contributed by atoms with van der Waals surface area (Å²) in [6.45, 7) is 106. The molecule has 0 aromatic carbocycles. The molecule has 0 radical (unpaired) electrons. The Kier molecular flexibility index (Phi) is 58.3. The average Bonchev–Trinajstić information content (AvgIpc) is 0.743. The van der Waals surface area contributed by atoms with Crippen molar-refractivity contribution in [1.29, 1.82) is 0 Å². The van der Waals surface area contributed by atoms with E-state index in [2.05, 4.69) is 213 Å². The van der Waals surface area contributed by atoms with Gasteiger partial charge in [-0.2, -0.15) is 0 Å². The Morgan fingerprint density at radius 1 is 0.279 bits per heavy atom. The van der Waals surface area contributed by atoms with Crippen LogP contribution in [0.5, 0.6) is 0 Å². The van der Waals surface area contributed by atoms with Crippen LogP contribution in [0.3, 0.4) is 0 Å². The van der Waals surface area contributed by atoms with Crippen LogP contribution in [0.25, 0.3) is 0 Å². The number of carbonyl (C=O) groups excluding carboxylic acids is 11. The Bertz CT molecular complexity index is 3460. The van der Waals surface area contributed by atoms with Crippen LogP contribution in [0.4, 0.5) is 0 Å². The van der Waals surface area contributed by atoms with Gasteiger partial charge >= 0.3 is 0 Å². The fourth-order valence-corrected chi connectivity index (χ4v) is 12.2. The molecular formula is C106H215N15O14S. The monoisotopic (exact) mass is 1950 g/mol. The molecule has 0 bridgehead atoms. The van der Waals surface area contributed by atoms with E-state index in [0.717, 1.165) is 0 Å². The Balaban J connectivity index is -0.000000544. The second-order valence-electron chi connectivity index (χ2n) is 53.5. The van der Waals surface area contributed by atoms with Crippen LogP contribution in [-0.2, 0) is 62.9 Å². The standard InChI is InChI=1S/C30H60N4O3.C27H54N4O3.C24H48N4O3.C15H32N2O4S.C10H21NO/c1-25(2,3)28(10,11)22(35)31-16-19-34(20-17-32-23(36)29(12,13)26(4,5)6)21-18-33-24(37)30(14,15)27(7,8)9;1-19(25(4,5)6)22(32)28-13-16-31(17-14-29-23(33)20(2)26(7,8)9)18-15-30-24(34)21(3)27(10,11)12;1-22(2,3)16-19(29)25-10-13-28(14-11-26-20(30)17-23(4,5)6)15-12-27-21(31)18-24(7,8)9;1-14(2,3)15(4,5)13(18)16-9-11-17(6,7)10-8-12-22(19,20)21;1-9(2,3)10(4,5)8(12)11(6)7/h16-21H2,1-15H3,(H,31,35)(H,32,36)(H,33,37);19-21H,13-18H2,1-12H3,(H,28,32)(H,29,33)(H,30,34);10-18H2,1-9H3,(H,25,29)(H,26,30)(H,27,31);8-12H2,1-7H3,(H-,16,18,19,20,21);1-7H3. The minimum Gasteiger partial charge on any atom is -0.748 e. The van der Waals surface area contributed by atoms with Crippen LogP contribution in [0.1, 0.15) is 344 Å². The summed E-state index contributed by atoms with van der Waals surface area (Å²) in [4.78, 5) is 144. The number of nitrogens with one attached hydrogen (secondary N) is 10. The molecule has 0 spiro atoms. The largest absolute Gasteiger partial charge is 0.748 e. The van der Waals surface area contributed by atoms with E-state index < -0.39 is 31.8 Å². The van der Waals surface area contributed by atoms with Crippen LogP contribution in [0.15, 0.2) is 0 Å².